The molecule has 1 aromatic carbocycles. The van der Waals surface area contributed by atoms with Crippen LogP contribution < -0.4 is 5.32 Å². The Morgan fingerprint density at radius 3 is 2.77 bits per heavy atom. The first kappa shape index (κ1) is 18.4. The fourth-order valence-electron chi connectivity index (χ4n) is 3.09. The fourth-order valence-corrected chi connectivity index (χ4v) is 4.86. The molecule has 2 aromatic rings. The lowest BCUT2D eigenvalue weighted by Gasteiger charge is -2.23. The molecule has 3 rings (SSSR count). The van der Waals surface area contributed by atoms with Crippen LogP contribution in [0.25, 0.3) is 0 Å². The predicted molar refractivity (Wildman–Crippen MR) is 102 cm³/mol. The number of rotatable bonds is 5. The third kappa shape index (κ3) is 4.22. The van der Waals surface area contributed by atoms with Crippen molar-refractivity contribution in [1.29, 1.82) is 0 Å². The highest BCUT2D eigenvalue weighted by atomic mass is 32.2. The maximum absolute atomic E-state index is 12.7. The number of nitrogens with one attached hydrogen (secondary N) is 1. The highest BCUT2D eigenvalue weighted by molar-refractivity contribution is 7.91. The summed E-state index contributed by atoms with van der Waals surface area (Å²) in [6.45, 7) is 2.71. The largest absolute Gasteiger partial charge is 0.381 e. The van der Waals surface area contributed by atoms with Gasteiger partial charge in [-0.1, -0.05) is 24.3 Å². The number of amides is 1. The molecule has 0 radical (unpaired) electrons. The van der Waals surface area contributed by atoms with Gasteiger partial charge < -0.3 is 10.2 Å². The maximum Gasteiger partial charge on any atom is 0.272 e. The van der Waals surface area contributed by atoms with Crippen LogP contribution in [-0.2, 0) is 16.4 Å². The van der Waals surface area contributed by atoms with Gasteiger partial charge in [0.25, 0.3) is 5.91 Å². The Kier molecular flexibility index (Phi) is 5.27. The fraction of sp³-hybridized carbons (Fsp3) is 0.368. The van der Waals surface area contributed by atoms with Crippen molar-refractivity contribution in [2.75, 3.05) is 23.9 Å². The Hall–Kier alpha value is -2.41. The second-order valence-electron chi connectivity index (χ2n) is 6.68. The minimum absolute atomic E-state index is 0.0282. The van der Waals surface area contributed by atoms with Crippen LogP contribution in [0.4, 0.5) is 5.69 Å². The monoisotopic (exact) mass is 373 g/mol. The van der Waals surface area contributed by atoms with Crippen molar-refractivity contribution in [2.24, 2.45) is 0 Å². The summed E-state index contributed by atoms with van der Waals surface area (Å²) in [5.41, 5.74) is 3.50. The van der Waals surface area contributed by atoms with Crippen molar-refractivity contribution in [3.8, 4) is 0 Å². The van der Waals surface area contributed by atoms with Gasteiger partial charge in [-0.05, 0) is 36.6 Å². The molecule has 1 fully saturated rings. The van der Waals surface area contributed by atoms with Crippen molar-refractivity contribution >= 4 is 21.4 Å². The number of aromatic nitrogens is 1. The van der Waals surface area contributed by atoms with Gasteiger partial charge in [0.05, 0.1) is 11.5 Å². The zero-order valence-corrected chi connectivity index (χ0v) is 15.8. The Bertz CT molecular complexity index is 912. The van der Waals surface area contributed by atoms with E-state index in [0.29, 0.717) is 18.7 Å². The van der Waals surface area contributed by atoms with E-state index in [1.54, 1.807) is 19.3 Å². The van der Waals surface area contributed by atoms with E-state index in [1.165, 1.54) is 16.0 Å². The van der Waals surface area contributed by atoms with Crippen molar-refractivity contribution in [3.63, 3.8) is 0 Å². The number of carbonyl (C=O) groups excluding carboxylic acids is 1. The quantitative estimate of drug-likeness (QED) is 0.870. The lowest BCUT2D eigenvalue weighted by Crippen LogP contribution is -2.38. The number of nitrogens with zero attached hydrogens (tertiary/aromatic N) is 2. The number of benzene rings is 1. The molecule has 1 aromatic heterocycles. The summed E-state index contributed by atoms with van der Waals surface area (Å²) in [6, 6.07) is 11.4. The Balaban J connectivity index is 1.68. The standard InChI is InChI=1S/C19H23N3O3S/c1-14-5-3-4-6-15(14)12-21-16-7-9-20-18(11-16)19(23)22(2)17-8-10-26(24,25)13-17/h3-7,9,11,17H,8,10,12-13H2,1-2H3,(H,20,21). The van der Waals surface area contributed by atoms with Gasteiger partial charge in [-0.3, -0.25) is 9.78 Å². The molecule has 7 heteroatoms. The molecule has 1 amide bonds. The number of hydrogen-bond acceptors (Lipinski definition) is 5. The highest BCUT2D eigenvalue weighted by Crippen LogP contribution is 2.19. The molecule has 2 heterocycles. The average molecular weight is 373 g/mol. The van der Waals surface area contributed by atoms with E-state index in [-0.39, 0.29) is 23.5 Å². The number of aryl methyl sites for hydroxylation is 1. The highest BCUT2D eigenvalue weighted by Gasteiger charge is 2.33. The Morgan fingerprint density at radius 1 is 1.31 bits per heavy atom. The number of anilines is 1. The number of hydrogen-bond donors (Lipinski definition) is 1. The number of carbonyl (C=O) groups is 1. The molecule has 1 aliphatic rings. The van der Waals surface area contributed by atoms with Gasteiger partial charge in [-0.25, -0.2) is 8.42 Å². The van der Waals surface area contributed by atoms with E-state index in [4.69, 9.17) is 0 Å². The SMILES string of the molecule is Cc1ccccc1CNc1ccnc(C(=O)N(C)C2CCS(=O)(=O)C2)c1. The summed E-state index contributed by atoms with van der Waals surface area (Å²) in [7, 11) is -1.39. The van der Waals surface area contributed by atoms with Crippen LogP contribution in [0, 0.1) is 6.92 Å². The summed E-state index contributed by atoms with van der Waals surface area (Å²) >= 11 is 0. The molecule has 138 valence electrons. The summed E-state index contributed by atoms with van der Waals surface area (Å²) in [4.78, 5) is 18.3. The molecular weight excluding hydrogens is 350 g/mol. The molecule has 0 saturated carbocycles. The molecule has 1 N–H and O–H groups in total. The van der Waals surface area contributed by atoms with Crippen molar-refractivity contribution in [3.05, 3.63) is 59.4 Å². The van der Waals surface area contributed by atoms with Crippen LogP contribution >= 0.6 is 0 Å². The third-order valence-corrected chi connectivity index (χ3v) is 6.55. The second kappa shape index (κ2) is 7.45. The van der Waals surface area contributed by atoms with Crippen molar-refractivity contribution in [2.45, 2.75) is 25.9 Å². The Morgan fingerprint density at radius 2 is 2.08 bits per heavy atom. The third-order valence-electron chi connectivity index (χ3n) is 4.80. The maximum atomic E-state index is 12.7. The van der Waals surface area contributed by atoms with Gasteiger partial charge in [-0.2, -0.15) is 0 Å². The van der Waals surface area contributed by atoms with E-state index < -0.39 is 9.84 Å². The van der Waals surface area contributed by atoms with Crippen LogP contribution in [0.5, 0.6) is 0 Å². The summed E-state index contributed by atoms with van der Waals surface area (Å²) in [5.74, 6) is -0.0899. The van der Waals surface area contributed by atoms with Gasteiger partial charge >= 0.3 is 0 Å². The first-order chi connectivity index (χ1) is 12.4. The zero-order chi connectivity index (χ0) is 18.7. The predicted octanol–water partition coefficient (Wildman–Crippen LogP) is 2.26. The van der Waals surface area contributed by atoms with Crippen LogP contribution in [0.1, 0.15) is 28.0 Å². The minimum atomic E-state index is -3.03. The summed E-state index contributed by atoms with van der Waals surface area (Å²) in [5, 5.41) is 3.31. The van der Waals surface area contributed by atoms with Gasteiger partial charge in [0.1, 0.15) is 5.69 Å². The minimum Gasteiger partial charge on any atom is -0.381 e. The molecule has 1 aliphatic heterocycles. The molecule has 1 unspecified atom stereocenters. The van der Waals surface area contributed by atoms with Gasteiger partial charge in [-0.15, -0.1) is 0 Å². The zero-order valence-electron chi connectivity index (χ0n) is 15.0. The molecule has 0 bridgehead atoms. The molecule has 6 nitrogen and oxygen atoms in total. The summed E-state index contributed by atoms with van der Waals surface area (Å²) in [6.07, 6.45) is 2.07. The molecule has 26 heavy (non-hydrogen) atoms. The Labute approximate surface area is 154 Å². The van der Waals surface area contributed by atoms with Crippen LogP contribution in [0.2, 0.25) is 0 Å². The number of sulfone groups is 1. The average Bonchev–Trinajstić information content (AvgIpc) is 3.00. The molecule has 1 atom stereocenters. The smallest absolute Gasteiger partial charge is 0.272 e. The van der Waals surface area contributed by atoms with E-state index >= 15 is 0 Å². The van der Waals surface area contributed by atoms with E-state index in [2.05, 4.69) is 29.4 Å². The van der Waals surface area contributed by atoms with Gasteiger partial charge in [0.2, 0.25) is 0 Å². The van der Waals surface area contributed by atoms with E-state index in [1.807, 2.05) is 18.2 Å². The normalized spacial score (nSPS) is 18.5. The van der Waals surface area contributed by atoms with Crippen LogP contribution in [0.3, 0.4) is 0 Å². The van der Waals surface area contributed by atoms with E-state index in [9.17, 15) is 13.2 Å². The molecule has 0 spiro atoms. The molecular formula is C19H23N3O3S. The van der Waals surface area contributed by atoms with E-state index in [0.717, 1.165) is 5.69 Å². The summed E-state index contributed by atoms with van der Waals surface area (Å²) < 4.78 is 23.3. The first-order valence-electron chi connectivity index (χ1n) is 8.58. The van der Waals surface area contributed by atoms with Crippen molar-refractivity contribution in [1.82, 2.24) is 9.88 Å². The molecule has 1 saturated heterocycles. The lowest BCUT2D eigenvalue weighted by molar-refractivity contribution is 0.0742. The van der Waals surface area contributed by atoms with Gasteiger partial charge in [0, 0.05) is 31.5 Å². The first-order valence-corrected chi connectivity index (χ1v) is 10.4. The van der Waals surface area contributed by atoms with Crippen molar-refractivity contribution < 1.29 is 13.2 Å². The molecule has 0 aliphatic carbocycles. The van der Waals surface area contributed by atoms with Crippen LogP contribution in [-0.4, -0.2) is 48.8 Å². The topological polar surface area (TPSA) is 79.4 Å². The lowest BCUT2D eigenvalue weighted by atomic mass is 10.1. The second-order valence-corrected chi connectivity index (χ2v) is 8.91. The van der Waals surface area contributed by atoms with Gasteiger partial charge in [0.15, 0.2) is 9.84 Å². The van der Waals surface area contributed by atoms with Crippen LogP contribution in [0.15, 0.2) is 42.6 Å². The number of pyridine rings is 1.